The monoisotopic (exact) mass is 280 g/mol. The van der Waals surface area contributed by atoms with Gasteiger partial charge in [0.2, 0.25) is 0 Å². The van der Waals surface area contributed by atoms with Crippen LogP contribution < -0.4 is 15.8 Å². The molecule has 20 heavy (non-hydrogen) atoms. The van der Waals surface area contributed by atoms with Crippen LogP contribution in [0.15, 0.2) is 18.2 Å². The van der Waals surface area contributed by atoms with Gasteiger partial charge in [-0.15, -0.1) is 0 Å². The molecule has 0 spiro atoms. The number of rotatable bonds is 8. The van der Waals surface area contributed by atoms with Crippen molar-refractivity contribution in [3.63, 3.8) is 0 Å². The highest BCUT2D eigenvalue weighted by Gasteiger charge is 2.11. The van der Waals surface area contributed by atoms with Gasteiger partial charge in [0.25, 0.3) is 5.91 Å². The molecule has 0 aliphatic rings. The lowest BCUT2D eigenvalue weighted by molar-refractivity contribution is 0.0903. The molecule has 0 fully saturated rings. The molecule has 5 nitrogen and oxygen atoms in total. The van der Waals surface area contributed by atoms with Gasteiger partial charge in [-0.1, -0.05) is 13.8 Å². The minimum atomic E-state index is -0.186. The molecule has 0 atom stereocenters. The van der Waals surface area contributed by atoms with Crippen LogP contribution in [0.3, 0.4) is 0 Å². The summed E-state index contributed by atoms with van der Waals surface area (Å²) in [6.45, 7) is 6.01. The zero-order valence-corrected chi connectivity index (χ0v) is 12.4. The molecular formula is C15H24N2O3. The lowest BCUT2D eigenvalue weighted by Gasteiger charge is -2.10. The number of benzene rings is 1. The van der Waals surface area contributed by atoms with Crippen molar-refractivity contribution in [2.24, 2.45) is 5.92 Å². The van der Waals surface area contributed by atoms with E-state index in [-0.39, 0.29) is 5.91 Å². The zero-order valence-electron chi connectivity index (χ0n) is 12.4. The summed E-state index contributed by atoms with van der Waals surface area (Å²) < 4.78 is 10.6. The summed E-state index contributed by atoms with van der Waals surface area (Å²) in [6, 6.07) is 4.97. The summed E-state index contributed by atoms with van der Waals surface area (Å²) >= 11 is 0. The van der Waals surface area contributed by atoms with Crippen LogP contribution in [0.1, 0.15) is 30.6 Å². The number of anilines is 1. The topological polar surface area (TPSA) is 73.6 Å². The van der Waals surface area contributed by atoms with Crippen molar-refractivity contribution >= 4 is 11.6 Å². The van der Waals surface area contributed by atoms with Crippen LogP contribution in [-0.4, -0.2) is 32.8 Å². The number of nitrogens with two attached hydrogens (primary N) is 1. The standard InChI is InChI=1S/C15H24N2O3/c1-11(2)6-8-20-9-7-17-15(18)13-5-4-12(16)10-14(13)19-3/h4-5,10-11H,6-9,16H2,1-3H3,(H,17,18). The molecule has 0 aromatic heterocycles. The first-order valence-corrected chi connectivity index (χ1v) is 6.84. The van der Waals surface area contributed by atoms with Crippen molar-refractivity contribution in [2.75, 3.05) is 32.6 Å². The van der Waals surface area contributed by atoms with Crippen molar-refractivity contribution in [3.05, 3.63) is 23.8 Å². The Balaban J connectivity index is 2.36. The van der Waals surface area contributed by atoms with Crippen LogP contribution in [0.25, 0.3) is 0 Å². The second-order valence-corrected chi connectivity index (χ2v) is 5.01. The summed E-state index contributed by atoms with van der Waals surface area (Å²) in [4.78, 5) is 12.0. The van der Waals surface area contributed by atoms with E-state index in [2.05, 4.69) is 19.2 Å². The quantitative estimate of drug-likeness (QED) is 0.565. The van der Waals surface area contributed by atoms with Gasteiger partial charge in [-0.05, 0) is 24.5 Å². The second kappa shape index (κ2) is 8.43. The molecule has 1 aromatic carbocycles. The van der Waals surface area contributed by atoms with E-state index in [0.717, 1.165) is 13.0 Å². The van der Waals surface area contributed by atoms with E-state index >= 15 is 0 Å². The maximum absolute atomic E-state index is 12.0. The van der Waals surface area contributed by atoms with Crippen LogP contribution in [-0.2, 0) is 4.74 Å². The molecule has 0 heterocycles. The minimum Gasteiger partial charge on any atom is -0.496 e. The Morgan fingerprint density at radius 3 is 2.75 bits per heavy atom. The van der Waals surface area contributed by atoms with Crippen molar-refractivity contribution in [1.29, 1.82) is 0 Å². The molecule has 0 saturated heterocycles. The number of amides is 1. The second-order valence-electron chi connectivity index (χ2n) is 5.01. The predicted octanol–water partition coefficient (Wildman–Crippen LogP) is 2.07. The summed E-state index contributed by atoms with van der Waals surface area (Å²) in [5.74, 6) is 0.918. The third-order valence-electron chi connectivity index (χ3n) is 2.84. The van der Waals surface area contributed by atoms with Gasteiger partial charge in [0.15, 0.2) is 0 Å². The number of methoxy groups -OCH3 is 1. The largest absolute Gasteiger partial charge is 0.496 e. The van der Waals surface area contributed by atoms with E-state index in [1.165, 1.54) is 7.11 Å². The number of ether oxygens (including phenoxy) is 2. The van der Waals surface area contributed by atoms with Crippen LogP contribution >= 0.6 is 0 Å². The van der Waals surface area contributed by atoms with E-state index in [1.54, 1.807) is 18.2 Å². The van der Waals surface area contributed by atoms with Gasteiger partial charge in [0.1, 0.15) is 5.75 Å². The van der Waals surface area contributed by atoms with E-state index in [4.69, 9.17) is 15.2 Å². The predicted molar refractivity (Wildman–Crippen MR) is 80.0 cm³/mol. The summed E-state index contributed by atoms with van der Waals surface area (Å²) in [7, 11) is 1.51. The first kappa shape index (κ1) is 16.3. The van der Waals surface area contributed by atoms with Crippen molar-refractivity contribution in [3.8, 4) is 5.75 Å². The number of nitrogens with one attached hydrogen (secondary N) is 1. The van der Waals surface area contributed by atoms with Gasteiger partial charge in [-0.2, -0.15) is 0 Å². The highest BCUT2D eigenvalue weighted by molar-refractivity contribution is 5.97. The highest BCUT2D eigenvalue weighted by atomic mass is 16.5. The van der Waals surface area contributed by atoms with Crippen LogP contribution in [0, 0.1) is 5.92 Å². The molecule has 0 unspecified atom stereocenters. The van der Waals surface area contributed by atoms with E-state index in [9.17, 15) is 4.79 Å². The average Bonchev–Trinajstić information content (AvgIpc) is 2.41. The molecule has 1 amide bonds. The Morgan fingerprint density at radius 2 is 2.10 bits per heavy atom. The first-order valence-electron chi connectivity index (χ1n) is 6.84. The van der Waals surface area contributed by atoms with Crippen LogP contribution in [0.5, 0.6) is 5.75 Å². The first-order chi connectivity index (χ1) is 9.54. The molecule has 3 N–H and O–H groups in total. The Hall–Kier alpha value is -1.75. The van der Waals surface area contributed by atoms with Gasteiger partial charge in [-0.25, -0.2) is 0 Å². The molecule has 0 radical (unpaired) electrons. The van der Waals surface area contributed by atoms with Crippen LogP contribution in [0.2, 0.25) is 0 Å². The Kier molecular flexibility index (Phi) is 6.87. The molecular weight excluding hydrogens is 256 g/mol. The normalized spacial score (nSPS) is 10.6. The fourth-order valence-corrected chi connectivity index (χ4v) is 1.65. The molecule has 0 aliphatic carbocycles. The molecule has 1 aromatic rings. The Bertz CT molecular complexity index is 433. The molecule has 0 bridgehead atoms. The van der Waals surface area contributed by atoms with Gasteiger partial charge < -0.3 is 20.5 Å². The number of hydrogen-bond acceptors (Lipinski definition) is 4. The molecule has 0 saturated carbocycles. The van der Waals surface area contributed by atoms with E-state index in [0.29, 0.717) is 36.1 Å². The van der Waals surface area contributed by atoms with Gasteiger partial charge >= 0.3 is 0 Å². The highest BCUT2D eigenvalue weighted by Crippen LogP contribution is 2.21. The van der Waals surface area contributed by atoms with E-state index in [1.807, 2.05) is 0 Å². The molecule has 5 heteroatoms. The smallest absolute Gasteiger partial charge is 0.255 e. The van der Waals surface area contributed by atoms with Crippen molar-refractivity contribution in [2.45, 2.75) is 20.3 Å². The van der Waals surface area contributed by atoms with Crippen LogP contribution in [0.4, 0.5) is 5.69 Å². The van der Waals surface area contributed by atoms with Crippen molar-refractivity contribution < 1.29 is 14.3 Å². The fraction of sp³-hybridized carbons (Fsp3) is 0.533. The number of carbonyl (C=O) groups is 1. The lowest BCUT2D eigenvalue weighted by Crippen LogP contribution is -2.27. The third-order valence-corrected chi connectivity index (χ3v) is 2.84. The summed E-state index contributed by atoms with van der Waals surface area (Å²) in [5, 5.41) is 2.80. The summed E-state index contributed by atoms with van der Waals surface area (Å²) in [5.41, 5.74) is 6.69. The maximum atomic E-state index is 12.0. The molecule has 0 aliphatic heterocycles. The van der Waals surface area contributed by atoms with Gasteiger partial charge in [-0.3, -0.25) is 4.79 Å². The van der Waals surface area contributed by atoms with Crippen molar-refractivity contribution in [1.82, 2.24) is 5.32 Å². The van der Waals surface area contributed by atoms with Gasteiger partial charge in [0.05, 0.1) is 19.3 Å². The number of carbonyl (C=O) groups excluding carboxylic acids is 1. The Morgan fingerprint density at radius 1 is 1.35 bits per heavy atom. The molecule has 1 rings (SSSR count). The van der Waals surface area contributed by atoms with Gasteiger partial charge in [0, 0.05) is 24.9 Å². The number of nitrogen functional groups attached to an aromatic ring is 1. The fourth-order valence-electron chi connectivity index (χ4n) is 1.65. The van der Waals surface area contributed by atoms with E-state index < -0.39 is 0 Å². The number of hydrogen-bond donors (Lipinski definition) is 2. The average molecular weight is 280 g/mol. The SMILES string of the molecule is COc1cc(N)ccc1C(=O)NCCOCCC(C)C. The minimum absolute atomic E-state index is 0.186. The lowest BCUT2D eigenvalue weighted by atomic mass is 10.1. The summed E-state index contributed by atoms with van der Waals surface area (Å²) in [6.07, 6.45) is 1.03. The Labute approximate surface area is 120 Å². The zero-order chi connectivity index (χ0) is 15.0. The maximum Gasteiger partial charge on any atom is 0.255 e. The molecule has 112 valence electrons. The third kappa shape index (κ3) is 5.48.